The van der Waals surface area contributed by atoms with Gasteiger partial charge in [0.1, 0.15) is 18.2 Å². The lowest BCUT2D eigenvalue weighted by atomic mass is 10.1. The first-order valence-electron chi connectivity index (χ1n) is 6.36. The van der Waals surface area contributed by atoms with Crippen molar-refractivity contribution in [1.82, 2.24) is 0 Å². The summed E-state index contributed by atoms with van der Waals surface area (Å²) in [6.45, 7) is 2.47. The summed E-state index contributed by atoms with van der Waals surface area (Å²) in [7, 11) is 0. The fourth-order valence-corrected chi connectivity index (χ4v) is 1.67. The first-order valence-corrected chi connectivity index (χ1v) is 6.36. The summed E-state index contributed by atoms with van der Waals surface area (Å²) in [6.07, 6.45) is 0. The van der Waals surface area contributed by atoms with Crippen LogP contribution >= 0.6 is 0 Å². The minimum absolute atomic E-state index is 0.255. The van der Waals surface area contributed by atoms with Crippen molar-refractivity contribution in [2.75, 3.05) is 6.54 Å². The van der Waals surface area contributed by atoms with Crippen LogP contribution in [0.4, 0.5) is 4.39 Å². The molecule has 2 rings (SSSR count). The van der Waals surface area contributed by atoms with Crippen molar-refractivity contribution in [1.29, 1.82) is 0 Å². The van der Waals surface area contributed by atoms with Crippen LogP contribution in [0.5, 0.6) is 5.75 Å². The molecule has 102 valence electrons. The van der Waals surface area contributed by atoms with Gasteiger partial charge >= 0.3 is 0 Å². The van der Waals surface area contributed by atoms with Gasteiger partial charge in [-0.1, -0.05) is 30.0 Å². The average molecular weight is 269 g/mol. The van der Waals surface area contributed by atoms with Gasteiger partial charge in [0.15, 0.2) is 0 Å². The van der Waals surface area contributed by atoms with E-state index < -0.39 is 0 Å². The Morgan fingerprint density at radius 1 is 1.15 bits per heavy atom. The molecule has 0 aliphatic rings. The highest BCUT2D eigenvalue weighted by Crippen LogP contribution is 2.17. The lowest BCUT2D eigenvalue weighted by Crippen LogP contribution is -1.96. The minimum Gasteiger partial charge on any atom is -0.489 e. The second-order valence-corrected chi connectivity index (χ2v) is 4.40. The number of hydrogen-bond acceptors (Lipinski definition) is 2. The molecule has 2 aromatic carbocycles. The first kappa shape index (κ1) is 14.1. The molecule has 0 heterocycles. The largest absolute Gasteiger partial charge is 0.489 e. The molecule has 0 aromatic heterocycles. The Morgan fingerprint density at radius 2 is 1.90 bits per heavy atom. The van der Waals surface area contributed by atoms with Crippen LogP contribution in [0.15, 0.2) is 42.5 Å². The van der Waals surface area contributed by atoms with Gasteiger partial charge in [0.2, 0.25) is 0 Å². The van der Waals surface area contributed by atoms with Crippen molar-refractivity contribution < 1.29 is 9.13 Å². The Labute approximate surface area is 118 Å². The molecular formula is C17H16FNO. The fraction of sp³-hybridized carbons (Fsp3) is 0.176. The third-order valence-corrected chi connectivity index (χ3v) is 2.84. The number of ether oxygens (including phenoxy) is 1. The lowest BCUT2D eigenvalue weighted by Gasteiger charge is -2.07. The quantitative estimate of drug-likeness (QED) is 0.869. The number of rotatable bonds is 3. The van der Waals surface area contributed by atoms with Crippen LogP contribution < -0.4 is 10.5 Å². The van der Waals surface area contributed by atoms with Crippen LogP contribution in [0.3, 0.4) is 0 Å². The van der Waals surface area contributed by atoms with E-state index in [4.69, 9.17) is 10.5 Å². The Kier molecular flexibility index (Phi) is 4.75. The summed E-state index contributed by atoms with van der Waals surface area (Å²) in [4.78, 5) is 0. The van der Waals surface area contributed by atoms with Crippen molar-refractivity contribution in [3.8, 4) is 17.6 Å². The summed E-state index contributed by atoms with van der Waals surface area (Å²) < 4.78 is 18.9. The lowest BCUT2D eigenvalue weighted by molar-refractivity contribution is 0.304. The first-order chi connectivity index (χ1) is 9.69. The van der Waals surface area contributed by atoms with Crippen LogP contribution in [-0.2, 0) is 6.61 Å². The SMILES string of the molecule is Cc1ccc(OCc2ccc(C#CCN)cc2)cc1F. The molecule has 2 N–H and O–H groups in total. The van der Waals surface area contributed by atoms with Gasteiger partial charge in [-0.2, -0.15) is 0 Å². The molecule has 0 aliphatic carbocycles. The highest BCUT2D eigenvalue weighted by Gasteiger charge is 2.01. The van der Waals surface area contributed by atoms with Gasteiger partial charge in [0, 0.05) is 11.6 Å². The van der Waals surface area contributed by atoms with Crippen LogP contribution in [0, 0.1) is 24.6 Å². The van der Waals surface area contributed by atoms with Crippen LogP contribution in [0.1, 0.15) is 16.7 Å². The van der Waals surface area contributed by atoms with Gasteiger partial charge in [-0.3, -0.25) is 0 Å². The van der Waals surface area contributed by atoms with Gasteiger partial charge in [0.25, 0.3) is 0 Å². The number of aryl methyl sites for hydroxylation is 1. The maximum atomic E-state index is 13.4. The van der Waals surface area contributed by atoms with Crippen molar-refractivity contribution >= 4 is 0 Å². The summed E-state index contributed by atoms with van der Waals surface area (Å²) in [5.74, 6) is 6.02. The van der Waals surface area contributed by atoms with Gasteiger partial charge in [-0.15, -0.1) is 0 Å². The predicted molar refractivity (Wildman–Crippen MR) is 77.8 cm³/mol. The smallest absolute Gasteiger partial charge is 0.129 e. The van der Waals surface area contributed by atoms with Gasteiger partial charge in [-0.25, -0.2) is 4.39 Å². The van der Waals surface area contributed by atoms with Crippen LogP contribution in [-0.4, -0.2) is 6.54 Å². The molecule has 0 atom stereocenters. The second-order valence-electron chi connectivity index (χ2n) is 4.40. The number of hydrogen-bond donors (Lipinski definition) is 1. The predicted octanol–water partition coefficient (Wildman–Crippen LogP) is 3.02. The molecule has 0 bridgehead atoms. The van der Waals surface area contributed by atoms with Crippen molar-refractivity contribution in [3.05, 3.63) is 65.0 Å². The van der Waals surface area contributed by atoms with Crippen molar-refractivity contribution in [3.63, 3.8) is 0 Å². The minimum atomic E-state index is -0.255. The van der Waals surface area contributed by atoms with Crippen LogP contribution in [0.2, 0.25) is 0 Å². The van der Waals surface area contributed by atoms with Gasteiger partial charge in [-0.05, 0) is 36.2 Å². The zero-order valence-corrected chi connectivity index (χ0v) is 11.3. The molecule has 0 fully saturated rings. The van der Waals surface area contributed by atoms with E-state index in [9.17, 15) is 4.39 Å². The van der Waals surface area contributed by atoms with E-state index in [1.54, 1.807) is 19.1 Å². The summed E-state index contributed by atoms with van der Waals surface area (Å²) in [6, 6.07) is 12.6. The molecular weight excluding hydrogens is 253 g/mol. The normalized spacial score (nSPS) is 9.75. The standard InChI is InChI=1S/C17H16FNO/c1-13-4-9-16(11-17(13)18)20-12-15-7-5-14(6-8-15)3-2-10-19/h4-9,11H,10,12,19H2,1H3. The zero-order valence-electron chi connectivity index (χ0n) is 11.3. The van der Waals surface area contributed by atoms with E-state index in [0.717, 1.165) is 11.1 Å². The topological polar surface area (TPSA) is 35.2 Å². The molecule has 0 aliphatic heterocycles. The molecule has 2 aromatic rings. The van der Waals surface area contributed by atoms with Crippen molar-refractivity contribution in [2.45, 2.75) is 13.5 Å². The fourth-order valence-electron chi connectivity index (χ4n) is 1.67. The summed E-state index contributed by atoms with van der Waals surface area (Å²) in [5.41, 5.74) is 7.85. The maximum Gasteiger partial charge on any atom is 0.129 e. The number of benzene rings is 2. The second kappa shape index (κ2) is 6.74. The Morgan fingerprint density at radius 3 is 2.55 bits per heavy atom. The molecule has 0 saturated heterocycles. The molecule has 0 saturated carbocycles. The van der Waals surface area contributed by atoms with E-state index in [1.165, 1.54) is 6.07 Å². The number of nitrogens with two attached hydrogens (primary N) is 1. The third-order valence-electron chi connectivity index (χ3n) is 2.84. The van der Waals surface area contributed by atoms with E-state index in [1.807, 2.05) is 24.3 Å². The Balaban J connectivity index is 1.98. The highest BCUT2D eigenvalue weighted by molar-refractivity contribution is 5.36. The monoisotopic (exact) mass is 269 g/mol. The van der Waals surface area contributed by atoms with E-state index in [2.05, 4.69) is 11.8 Å². The van der Waals surface area contributed by atoms with Crippen molar-refractivity contribution in [2.24, 2.45) is 5.73 Å². The molecule has 0 unspecified atom stereocenters. The molecule has 3 heteroatoms. The maximum absolute atomic E-state index is 13.4. The van der Waals surface area contributed by atoms with Gasteiger partial charge in [0.05, 0.1) is 6.54 Å². The summed E-state index contributed by atoms with van der Waals surface area (Å²) >= 11 is 0. The third kappa shape index (κ3) is 3.84. The molecule has 20 heavy (non-hydrogen) atoms. The summed E-state index contributed by atoms with van der Waals surface area (Å²) in [5, 5.41) is 0. The van der Waals surface area contributed by atoms with E-state index >= 15 is 0 Å². The van der Waals surface area contributed by atoms with Gasteiger partial charge < -0.3 is 10.5 Å². The highest BCUT2D eigenvalue weighted by atomic mass is 19.1. The molecule has 0 radical (unpaired) electrons. The molecule has 0 spiro atoms. The average Bonchev–Trinajstić information content (AvgIpc) is 2.47. The molecule has 2 nitrogen and oxygen atoms in total. The molecule has 0 amide bonds. The van der Waals surface area contributed by atoms with Crippen LogP contribution in [0.25, 0.3) is 0 Å². The van der Waals surface area contributed by atoms with E-state index in [0.29, 0.717) is 24.5 Å². The Bertz CT molecular complexity index is 638. The van der Waals surface area contributed by atoms with E-state index in [-0.39, 0.29) is 5.82 Å². The number of halogens is 1. The zero-order chi connectivity index (χ0) is 14.4. The Hall–Kier alpha value is -2.31.